The lowest BCUT2D eigenvalue weighted by atomic mass is 10.1. The summed E-state index contributed by atoms with van der Waals surface area (Å²) in [4.78, 5) is 25.2. The summed E-state index contributed by atoms with van der Waals surface area (Å²) in [5, 5.41) is 9.44. The van der Waals surface area contributed by atoms with Gasteiger partial charge in [0.25, 0.3) is 5.91 Å². The summed E-state index contributed by atoms with van der Waals surface area (Å²) in [7, 11) is 1.56. The standard InChI is InChI=1S/C16H20ClNO5/c1-10(23-14-6-4-3-5-13(14)17)16(21)18-9-12(22-2)7-11(18)8-15(19)20/h3-6,10-12H,7-9H2,1-2H3,(H,19,20). The summed E-state index contributed by atoms with van der Waals surface area (Å²) in [6.07, 6.45) is -0.518. The molecule has 0 spiro atoms. The monoisotopic (exact) mass is 341 g/mol. The lowest BCUT2D eigenvalue weighted by molar-refractivity contribution is -0.142. The minimum Gasteiger partial charge on any atom is -0.481 e. The normalized spacial score (nSPS) is 22.0. The highest BCUT2D eigenvalue weighted by atomic mass is 35.5. The summed E-state index contributed by atoms with van der Waals surface area (Å²) in [5.41, 5.74) is 0. The molecule has 0 aromatic heterocycles. The summed E-state index contributed by atoms with van der Waals surface area (Å²) < 4.78 is 10.9. The van der Waals surface area contributed by atoms with Crippen molar-refractivity contribution < 1.29 is 24.2 Å². The number of halogens is 1. The van der Waals surface area contributed by atoms with E-state index in [0.29, 0.717) is 23.7 Å². The minimum absolute atomic E-state index is 0.107. The van der Waals surface area contributed by atoms with Crippen molar-refractivity contribution >= 4 is 23.5 Å². The number of aliphatic carboxylic acids is 1. The number of carboxylic acids is 1. The number of benzene rings is 1. The fourth-order valence-electron chi connectivity index (χ4n) is 2.72. The quantitative estimate of drug-likeness (QED) is 0.858. The predicted molar refractivity (Wildman–Crippen MR) is 84.7 cm³/mol. The van der Waals surface area contributed by atoms with Crippen LogP contribution in [-0.2, 0) is 14.3 Å². The maximum Gasteiger partial charge on any atom is 0.305 e. The van der Waals surface area contributed by atoms with Crippen LogP contribution in [0.5, 0.6) is 5.75 Å². The van der Waals surface area contributed by atoms with Gasteiger partial charge >= 0.3 is 5.97 Å². The second-order valence-electron chi connectivity index (χ2n) is 5.53. The van der Waals surface area contributed by atoms with Gasteiger partial charge in [-0.25, -0.2) is 0 Å². The van der Waals surface area contributed by atoms with Crippen LogP contribution in [0.2, 0.25) is 5.02 Å². The Morgan fingerprint density at radius 3 is 2.74 bits per heavy atom. The summed E-state index contributed by atoms with van der Waals surface area (Å²) in [6.45, 7) is 1.99. The molecule has 1 aromatic rings. The van der Waals surface area contributed by atoms with Gasteiger partial charge in [0, 0.05) is 19.7 Å². The largest absolute Gasteiger partial charge is 0.481 e. The molecule has 126 valence electrons. The van der Waals surface area contributed by atoms with Gasteiger partial charge < -0.3 is 19.5 Å². The first-order valence-electron chi connectivity index (χ1n) is 7.38. The summed E-state index contributed by atoms with van der Waals surface area (Å²) in [5.74, 6) is -0.785. The number of carbonyl (C=O) groups excluding carboxylic acids is 1. The van der Waals surface area contributed by atoms with E-state index in [1.54, 1.807) is 38.3 Å². The minimum atomic E-state index is -0.941. The molecule has 3 unspecified atom stereocenters. The van der Waals surface area contributed by atoms with Gasteiger partial charge in [0.05, 0.1) is 17.5 Å². The Balaban J connectivity index is 2.07. The fourth-order valence-corrected chi connectivity index (χ4v) is 2.90. The number of methoxy groups -OCH3 is 1. The van der Waals surface area contributed by atoms with Gasteiger partial charge in [-0.15, -0.1) is 0 Å². The van der Waals surface area contributed by atoms with Gasteiger partial charge in [-0.1, -0.05) is 23.7 Å². The van der Waals surface area contributed by atoms with Crippen LogP contribution in [0, 0.1) is 0 Å². The molecule has 6 nitrogen and oxygen atoms in total. The van der Waals surface area contributed by atoms with E-state index in [-0.39, 0.29) is 24.5 Å². The molecule has 0 aliphatic carbocycles. The molecule has 23 heavy (non-hydrogen) atoms. The molecular formula is C16H20ClNO5. The van der Waals surface area contributed by atoms with Crippen LogP contribution in [0.25, 0.3) is 0 Å². The van der Waals surface area contributed by atoms with Crippen LogP contribution in [0.1, 0.15) is 19.8 Å². The van der Waals surface area contributed by atoms with Crippen LogP contribution in [0.4, 0.5) is 0 Å². The molecular weight excluding hydrogens is 322 g/mol. The van der Waals surface area contributed by atoms with Gasteiger partial charge in [0.1, 0.15) is 5.75 Å². The first-order valence-corrected chi connectivity index (χ1v) is 7.76. The average Bonchev–Trinajstić information content (AvgIpc) is 2.91. The smallest absolute Gasteiger partial charge is 0.305 e. The number of hydrogen-bond donors (Lipinski definition) is 1. The molecule has 1 aliphatic rings. The van der Waals surface area contributed by atoms with Crippen molar-refractivity contribution in [3.05, 3.63) is 29.3 Å². The van der Waals surface area contributed by atoms with Crippen molar-refractivity contribution in [1.82, 2.24) is 4.90 Å². The third kappa shape index (κ3) is 4.36. The molecule has 1 aliphatic heterocycles. The van der Waals surface area contributed by atoms with Crippen LogP contribution in [0.15, 0.2) is 24.3 Å². The highest BCUT2D eigenvalue weighted by molar-refractivity contribution is 6.32. The Bertz CT molecular complexity index is 579. The molecule has 2 rings (SSSR count). The van der Waals surface area contributed by atoms with Gasteiger partial charge in [-0.2, -0.15) is 0 Å². The van der Waals surface area contributed by atoms with Crippen molar-refractivity contribution in [2.24, 2.45) is 0 Å². The van der Waals surface area contributed by atoms with Crippen LogP contribution in [-0.4, -0.2) is 53.8 Å². The maximum atomic E-state index is 12.6. The number of amides is 1. The predicted octanol–water partition coefficient (Wildman–Crippen LogP) is 2.20. The zero-order valence-electron chi connectivity index (χ0n) is 13.1. The fraction of sp³-hybridized carbons (Fsp3) is 0.500. The Kier molecular flexibility index (Phi) is 5.85. The SMILES string of the molecule is COC1CC(CC(=O)O)N(C(=O)C(C)Oc2ccccc2Cl)C1. The van der Waals surface area contributed by atoms with E-state index < -0.39 is 12.1 Å². The molecule has 0 radical (unpaired) electrons. The number of hydrogen-bond acceptors (Lipinski definition) is 4. The number of para-hydroxylation sites is 1. The van der Waals surface area contributed by atoms with E-state index in [1.807, 2.05) is 0 Å². The number of nitrogens with zero attached hydrogens (tertiary/aromatic N) is 1. The molecule has 3 atom stereocenters. The zero-order chi connectivity index (χ0) is 17.0. The lowest BCUT2D eigenvalue weighted by Gasteiger charge is -2.26. The van der Waals surface area contributed by atoms with Crippen LogP contribution < -0.4 is 4.74 Å². The molecule has 1 saturated heterocycles. The highest BCUT2D eigenvalue weighted by Crippen LogP contribution is 2.27. The third-order valence-corrected chi connectivity index (χ3v) is 4.20. The number of carboxylic acid groups (broad SMARTS) is 1. The molecule has 0 bridgehead atoms. The summed E-state index contributed by atoms with van der Waals surface area (Å²) >= 11 is 6.03. The molecule has 0 saturated carbocycles. The van der Waals surface area contributed by atoms with E-state index >= 15 is 0 Å². The van der Waals surface area contributed by atoms with Crippen LogP contribution in [0.3, 0.4) is 0 Å². The van der Waals surface area contributed by atoms with E-state index in [4.69, 9.17) is 26.2 Å². The Hall–Kier alpha value is -1.79. The van der Waals surface area contributed by atoms with E-state index in [0.717, 1.165) is 0 Å². The Morgan fingerprint density at radius 1 is 1.43 bits per heavy atom. The first kappa shape index (κ1) is 17.6. The first-order chi connectivity index (χ1) is 10.9. The van der Waals surface area contributed by atoms with Crippen molar-refractivity contribution in [1.29, 1.82) is 0 Å². The van der Waals surface area contributed by atoms with Gasteiger partial charge in [0.2, 0.25) is 0 Å². The Morgan fingerprint density at radius 2 is 2.13 bits per heavy atom. The highest BCUT2D eigenvalue weighted by Gasteiger charge is 2.38. The van der Waals surface area contributed by atoms with Crippen molar-refractivity contribution in [2.75, 3.05) is 13.7 Å². The molecule has 1 N–H and O–H groups in total. The lowest BCUT2D eigenvalue weighted by Crippen LogP contribution is -2.44. The molecule has 1 aromatic carbocycles. The molecule has 7 heteroatoms. The number of ether oxygens (including phenoxy) is 2. The van der Waals surface area contributed by atoms with Gasteiger partial charge in [-0.3, -0.25) is 9.59 Å². The second kappa shape index (κ2) is 7.66. The third-order valence-electron chi connectivity index (χ3n) is 3.89. The maximum absolute atomic E-state index is 12.6. The molecule has 1 amide bonds. The number of carbonyl (C=O) groups is 2. The van der Waals surface area contributed by atoms with Gasteiger partial charge in [-0.05, 0) is 25.5 Å². The summed E-state index contributed by atoms with van der Waals surface area (Å²) in [6, 6.07) is 6.51. The van der Waals surface area contributed by atoms with E-state index in [2.05, 4.69) is 0 Å². The number of rotatable bonds is 6. The molecule has 1 heterocycles. The second-order valence-corrected chi connectivity index (χ2v) is 5.93. The van der Waals surface area contributed by atoms with E-state index in [9.17, 15) is 9.59 Å². The van der Waals surface area contributed by atoms with Crippen molar-refractivity contribution in [3.8, 4) is 5.75 Å². The Labute approximate surface area is 139 Å². The number of likely N-dealkylation sites (tertiary alicyclic amines) is 1. The van der Waals surface area contributed by atoms with Crippen molar-refractivity contribution in [2.45, 2.75) is 38.0 Å². The van der Waals surface area contributed by atoms with Crippen LogP contribution >= 0.6 is 11.6 Å². The molecule has 1 fully saturated rings. The average molecular weight is 342 g/mol. The topological polar surface area (TPSA) is 76.1 Å². The van der Waals surface area contributed by atoms with Crippen molar-refractivity contribution in [3.63, 3.8) is 0 Å². The van der Waals surface area contributed by atoms with E-state index in [1.165, 1.54) is 4.90 Å². The zero-order valence-corrected chi connectivity index (χ0v) is 13.8. The van der Waals surface area contributed by atoms with Gasteiger partial charge in [0.15, 0.2) is 6.10 Å².